The highest BCUT2D eigenvalue weighted by molar-refractivity contribution is 6.30. The molecule has 0 bridgehead atoms. The van der Waals surface area contributed by atoms with Gasteiger partial charge in [0.15, 0.2) is 11.5 Å². The summed E-state index contributed by atoms with van der Waals surface area (Å²) in [6.07, 6.45) is 0.874. The van der Waals surface area contributed by atoms with E-state index in [2.05, 4.69) is 10.2 Å². The maximum atomic E-state index is 13.0. The molecule has 0 radical (unpaired) electrons. The summed E-state index contributed by atoms with van der Waals surface area (Å²) in [7, 11) is 0. The van der Waals surface area contributed by atoms with Crippen LogP contribution in [0.5, 0.6) is 17.2 Å². The number of nitrogens with one attached hydrogen (secondary N) is 1. The highest BCUT2D eigenvalue weighted by atomic mass is 35.5. The van der Waals surface area contributed by atoms with Crippen LogP contribution in [-0.4, -0.2) is 47.3 Å². The Morgan fingerprint density at radius 3 is 2.77 bits per heavy atom. The SMILES string of the molecule is O=C(c1ccc2c(c1)OCCO2)N1CCC(c2cc(COc3ccc(Cl)cc3)[nH]n2)C1. The highest BCUT2D eigenvalue weighted by Crippen LogP contribution is 2.33. The summed E-state index contributed by atoms with van der Waals surface area (Å²) in [6.45, 7) is 2.75. The molecule has 0 spiro atoms. The Bertz CT molecular complexity index is 1080. The van der Waals surface area contributed by atoms with E-state index in [0.717, 1.165) is 23.6 Å². The smallest absolute Gasteiger partial charge is 0.254 e. The first-order chi connectivity index (χ1) is 15.2. The molecule has 1 atom stereocenters. The molecule has 1 N–H and O–H groups in total. The van der Waals surface area contributed by atoms with E-state index in [4.69, 9.17) is 25.8 Å². The van der Waals surface area contributed by atoms with Crippen LogP contribution in [0.15, 0.2) is 48.5 Å². The summed E-state index contributed by atoms with van der Waals surface area (Å²) in [5.74, 6) is 2.26. The van der Waals surface area contributed by atoms with Crippen LogP contribution in [0.3, 0.4) is 0 Å². The molecule has 2 aliphatic rings. The minimum atomic E-state index is 0.00121. The fourth-order valence-electron chi connectivity index (χ4n) is 3.90. The van der Waals surface area contributed by atoms with Crippen molar-refractivity contribution in [2.75, 3.05) is 26.3 Å². The molecule has 2 aromatic carbocycles. The largest absolute Gasteiger partial charge is 0.487 e. The van der Waals surface area contributed by atoms with Gasteiger partial charge in [0.1, 0.15) is 25.6 Å². The molecule has 0 saturated carbocycles. The Balaban J connectivity index is 1.20. The van der Waals surface area contributed by atoms with Gasteiger partial charge in [0.25, 0.3) is 5.91 Å². The standard InChI is InChI=1S/C23H22ClN3O4/c24-17-2-4-19(5-3-17)31-14-18-12-20(26-25-18)16-7-8-27(13-16)23(28)15-1-6-21-22(11-15)30-10-9-29-21/h1-6,11-12,16H,7-10,13-14H2,(H,25,26). The van der Waals surface area contributed by atoms with Crippen LogP contribution < -0.4 is 14.2 Å². The van der Waals surface area contributed by atoms with E-state index in [1.165, 1.54) is 0 Å². The lowest BCUT2D eigenvalue weighted by Crippen LogP contribution is -2.28. The summed E-state index contributed by atoms with van der Waals surface area (Å²) in [4.78, 5) is 14.8. The number of fused-ring (bicyclic) bond motifs is 1. The second-order valence-corrected chi connectivity index (χ2v) is 8.09. The topological polar surface area (TPSA) is 76.7 Å². The zero-order valence-corrected chi connectivity index (χ0v) is 17.6. The van der Waals surface area contributed by atoms with E-state index < -0.39 is 0 Å². The molecule has 31 heavy (non-hydrogen) atoms. The first-order valence-electron chi connectivity index (χ1n) is 10.3. The molecule has 3 heterocycles. The van der Waals surface area contributed by atoms with Gasteiger partial charge < -0.3 is 19.1 Å². The third-order valence-corrected chi connectivity index (χ3v) is 5.79. The number of hydrogen-bond acceptors (Lipinski definition) is 5. The van der Waals surface area contributed by atoms with Gasteiger partial charge in [-0.2, -0.15) is 5.10 Å². The third-order valence-electron chi connectivity index (χ3n) is 5.54. The van der Waals surface area contributed by atoms with Crippen LogP contribution in [0.25, 0.3) is 0 Å². The van der Waals surface area contributed by atoms with Gasteiger partial charge in [-0.05, 0) is 55.0 Å². The molecule has 1 amide bonds. The molecule has 1 unspecified atom stereocenters. The number of likely N-dealkylation sites (tertiary alicyclic amines) is 1. The highest BCUT2D eigenvalue weighted by Gasteiger charge is 2.30. The van der Waals surface area contributed by atoms with Gasteiger partial charge in [-0.3, -0.25) is 9.89 Å². The maximum absolute atomic E-state index is 13.0. The number of rotatable bonds is 5. The Morgan fingerprint density at radius 1 is 1.13 bits per heavy atom. The van der Waals surface area contributed by atoms with Gasteiger partial charge in [0, 0.05) is 29.6 Å². The van der Waals surface area contributed by atoms with Crippen molar-refractivity contribution >= 4 is 17.5 Å². The van der Waals surface area contributed by atoms with Gasteiger partial charge in [0.05, 0.1) is 11.4 Å². The summed E-state index contributed by atoms with van der Waals surface area (Å²) in [6, 6.07) is 14.6. The van der Waals surface area contributed by atoms with Crippen LogP contribution in [0.1, 0.15) is 34.1 Å². The Morgan fingerprint density at radius 2 is 1.94 bits per heavy atom. The van der Waals surface area contributed by atoms with Crippen molar-refractivity contribution in [2.24, 2.45) is 0 Å². The van der Waals surface area contributed by atoms with Gasteiger partial charge >= 0.3 is 0 Å². The molecular weight excluding hydrogens is 418 g/mol. The van der Waals surface area contributed by atoms with Crippen molar-refractivity contribution < 1.29 is 19.0 Å². The number of carbonyl (C=O) groups is 1. The zero-order valence-electron chi connectivity index (χ0n) is 16.8. The number of ether oxygens (including phenoxy) is 3. The fourth-order valence-corrected chi connectivity index (χ4v) is 4.03. The van der Waals surface area contributed by atoms with E-state index in [1.807, 2.05) is 23.1 Å². The number of carbonyl (C=O) groups excluding carboxylic acids is 1. The maximum Gasteiger partial charge on any atom is 0.254 e. The van der Waals surface area contributed by atoms with Gasteiger partial charge in [-0.1, -0.05) is 11.6 Å². The number of halogens is 1. The monoisotopic (exact) mass is 439 g/mol. The van der Waals surface area contributed by atoms with Crippen LogP contribution in [0.4, 0.5) is 0 Å². The molecule has 5 rings (SSSR count). The molecule has 160 valence electrons. The quantitative estimate of drug-likeness (QED) is 0.649. The average molecular weight is 440 g/mol. The summed E-state index contributed by atoms with van der Waals surface area (Å²) >= 11 is 5.90. The predicted molar refractivity (Wildman–Crippen MR) is 115 cm³/mol. The number of nitrogens with zero attached hydrogens (tertiary/aromatic N) is 2. The van der Waals surface area contributed by atoms with Crippen molar-refractivity contribution in [2.45, 2.75) is 18.9 Å². The fraction of sp³-hybridized carbons (Fsp3) is 0.304. The van der Waals surface area contributed by atoms with Crippen LogP contribution in [-0.2, 0) is 6.61 Å². The Labute approximate surface area is 184 Å². The average Bonchev–Trinajstić information content (AvgIpc) is 3.48. The van der Waals surface area contributed by atoms with Crippen LogP contribution >= 0.6 is 11.6 Å². The van der Waals surface area contributed by atoms with E-state index >= 15 is 0 Å². The first-order valence-corrected chi connectivity index (χ1v) is 10.6. The number of H-pyrrole nitrogens is 1. The van der Waals surface area contributed by atoms with Gasteiger partial charge in [-0.15, -0.1) is 0 Å². The van der Waals surface area contributed by atoms with Crippen molar-refractivity contribution in [3.05, 3.63) is 70.5 Å². The van der Waals surface area contributed by atoms with Crippen molar-refractivity contribution in [3.63, 3.8) is 0 Å². The molecule has 3 aromatic rings. The number of hydrogen-bond donors (Lipinski definition) is 1. The Kier molecular flexibility index (Phi) is 5.42. The van der Waals surface area contributed by atoms with Crippen LogP contribution in [0.2, 0.25) is 5.02 Å². The number of amides is 1. The zero-order chi connectivity index (χ0) is 21.2. The molecule has 1 aromatic heterocycles. The molecule has 1 fully saturated rings. The van der Waals surface area contributed by atoms with Gasteiger partial charge in [-0.25, -0.2) is 0 Å². The normalized spacial score (nSPS) is 17.6. The summed E-state index contributed by atoms with van der Waals surface area (Å²) < 4.78 is 16.9. The molecule has 8 heteroatoms. The van der Waals surface area contributed by atoms with Crippen molar-refractivity contribution in [1.82, 2.24) is 15.1 Å². The second-order valence-electron chi connectivity index (χ2n) is 7.66. The summed E-state index contributed by atoms with van der Waals surface area (Å²) in [5, 5.41) is 8.16. The summed E-state index contributed by atoms with van der Waals surface area (Å²) in [5.41, 5.74) is 2.46. The second kappa shape index (κ2) is 8.51. The molecule has 1 saturated heterocycles. The van der Waals surface area contributed by atoms with E-state index in [-0.39, 0.29) is 11.8 Å². The minimum absolute atomic E-state index is 0.00121. The predicted octanol–water partition coefficient (Wildman–Crippen LogP) is 4.04. The lowest BCUT2D eigenvalue weighted by Gasteiger charge is -2.20. The molecular formula is C23H22ClN3O4. The Hall–Kier alpha value is -3.19. The lowest BCUT2D eigenvalue weighted by atomic mass is 10.1. The van der Waals surface area contributed by atoms with Crippen molar-refractivity contribution in [3.8, 4) is 17.2 Å². The third kappa shape index (κ3) is 4.32. The lowest BCUT2D eigenvalue weighted by molar-refractivity contribution is 0.0789. The molecule has 2 aliphatic heterocycles. The number of benzene rings is 2. The number of aromatic nitrogens is 2. The minimum Gasteiger partial charge on any atom is -0.487 e. The molecule has 7 nitrogen and oxygen atoms in total. The van der Waals surface area contributed by atoms with E-state index in [0.29, 0.717) is 55.0 Å². The van der Waals surface area contributed by atoms with E-state index in [9.17, 15) is 4.79 Å². The molecule has 0 aliphatic carbocycles. The van der Waals surface area contributed by atoms with Gasteiger partial charge in [0.2, 0.25) is 0 Å². The number of aromatic amines is 1. The van der Waals surface area contributed by atoms with Crippen molar-refractivity contribution in [1.29, 1.82) is 0 Å². The van der Waals surface area contributed by atoms with E-state index in [1.54, 1.807) is 30.3 Å². The van der Waals surface area contributed by atoms with Crippen LogP contribution in [0, 0.1) is 0 Å². The first kappa shape index (κ1) is 19.8.